The number of aliphatic hydroxyl groups excluding tert-OH is 1. The number of hydrogen-bond donors (Lipinski definition) is 1. The van der Waals surface area contributed by atoms with Gasteiger partial charge in [-0.25, -0.2) is 0 Å². The summed E-state index contributed by atoms with van der Waals surface area (Å²) >= 11 is 0. The van der Waals surface area contributed by atoms with E-state index in [-0.39, 0.29) is 11.5 Å². The summed E-state index contributed by atoms with van der Waals surface area (Å²) in [5, 5.41) is 9.90. The van der Waals surface area contributed by atoms with Crippen molar-refractivity contribution in [3.8, 4) is 0 Å². The number of aliphatic hydroxyl groups is 1. The van der Waals surface area contributed by atoms with Crippen molar-refractivity contribution < 1.29 is 5.11 Å². The summed E-state index contributed by atoms with van der Waals surface area (Å²) in [6.07, 6.45) is 1.86. The molecule has 0 saturated carbocycles. The van der Waals surface area contributed by atoms with Gasteiger partial charge in [0.1, 0.15) is 0 Å². The van der Waals surface area contributed by atoms with Gasteiger partial charge in [0.05, 0.1) is 6.10 Å². The second kappa shape index (κ2) is 4.65. The summed E-state index contributed by atoms with van der Waals surface area (Å²) in [5.41, 5.74) is 0.384. The highest BCUT2D eigenvalue weighted by Crippen LogP contribution is 2.31. The van der Waals surface area contributed by atoms with Crippen LogP contribution in [0.4, 0.5) is 0 Å². The maximum absolute atomic E-state index is 9.90. The van der Waals surface area contributed by atoms with Crippen LogP contribution < -0.4 is 0 Å². The van der Waals surface area contributed by atoms with E-state index in [0.29, 0.717) is 11.3 Å². The molecule has 0 saturated heterocycles. The highest BCUT2D eigenvalue weighted by molar-refractivity contribution is 4.76. The first-order chi connectivity index (χ1) is 6.05. The van der Waals surface area contributed by atoms with E-state index in [0.717, 1.165) is 12.8 Å². The van der Waals surface area contributed by atoms with Crippen molar-refractivity contribution in [3.05, 3.63) is 0 Å². The fourth-order valence-corrected chi connectivity index (χ4v) is 1.27. The van der Waals surface area contributed by atoms with E-state index in [9.17, 15) is 5.11 Å². The molecule has 1 heteroatoms. The smallest absolute Gasteiger partial charge is 0.0588 e. The van der Waals surface area contributed by atoms with Gasteiger partial charge in [0, 0.05) is 0 Å². The van der Waals surface area contributed by atoms with E-state index in [1.165, 1.54) is 0 Å². The summed E-state index contributed by atoms with van der Waals surface area (Å²) in [4.78, 5) is 0. The molecule has 0 amide bonds. The van der Waals surface area contributed by atoms with Gasteiger partial charge in [-0.1, -0.05) is 48.5 Å². The topological polar surface area (TPSA) is 20.2 Å². The summed E-state index contributed by atoms with van der Waals surface area (Å²) in [7, 11) is 0. The largest absolute Gasteiger partial charge is 0.393 e. The third kappa shape index (κ3) is 4.99. The predicted molar refractivity (Wildman–Crippen MR) is 63.3 cm³/mol. The highest BCUT2D eigenvalue weighted by atomic mass is 16.3. The molecule has 0 spiro atoms. The molecule has 0 heterocycles. The van der Waals surface area contributed by atoms with E-state index >= 15 is 0 Å². The average molecular weight is 200 g/mol. The Balaban J connectivity index is 3.96. The lowest BCUT2D eigenvalue weighted by Gasteiger charge is -2.31. The van der Waals surface area contributed by atoms with Crippen LogP contribution in [0.15, 0.2) is 0 Å². The first-order valence-electron chi connectivity index (χ1n) is 5.73. The maximum Gasteiger partial charge on any atom is 0.0588 e. The van der Waals surface area contributed by atoms with E-state index in [1.807, 2.05) is 0 Å². The first-order valence-corrected chi connectivity index (χ1v) is 5.73. The van der Waals surface area contributed by atoms with Crippen LogP contribution in [-0.2, 0) is 0 Å². The van der Waals surface area contributed by atoms with Crippen LogP contribution in [0.5, 0.6) is 0 Å². The second-order valence-electron chi connectivity index (χ2n) is 6.73. The van der Waals surface area contributed by atoms with Gasteiger partial charge in [0.15, 0.2) is 0 Å². The van der Waals surface area contributed by atoms with Crippen molar-refractivity contribution >= 4 is 0 Å². The molecular weight excluding hydrogens is 172 g/mol. The first kappa shape index (κ1) is 14.0. The van der Waals surface area contributed by atoms with Crippen molar-refractivity contribution in [1.29, 1.82) is 0 Å². The van der Waals surface area contributed by atoms with Crippen LogP contribution >= 0.6 is 0 Å². The van der Waals surface area contributed by atoms with Crippen LogP contribution in [0.3, 0.4) is 0 Å². The van der Waals surface area contributed by atoms with Crippen LogP contribution in [-0.4, -0.2) is 11.2 Å². The molecule has 0 aromatic heterocycles. The van der Waals surface area contributed by atoms with Crippen molar-refractivity contribution in [2.75, 3.05) is 0 Å². The van der Waals surface area contributed by atoms with Crippen LogP contribution in [0.1, 0.15) is 61.3 Å². The lowest BCUT2D eigenvalue weighted by atomic mass is 9.77. The highest BCUT2D eigenvalue weighted by Gasteiger charge is 2.25. The zero-order valence-corrected chi connectivity index (χ0v) is 11.0. The molecule has 1 N–H and O–H groups in total. The summed E-state index contributed by atoms with van der Waals surface area (Å²) in [6, 6.07) is 0. The predicted octanol–water partition coefficient (Wildman–Crippen LogP) is 3.86. The normalized spacial score (nSPS) is 18.0. The summed E-state index contributed by atoms with van der Waals surface area (Å²) < 4.78 is 0. The molecule has 86 valence electrons. The summed E-state index contributed by atoms with van der Waals surface area (Å²) in [5.74, 6) is 0.666. The second-order valence-corrected chi connectivity index (χ2v) is 6.73. The minimum atomic E-state index is -0.174. The van der Waals surface area contributed by atoms with Crippen molar-refractivity contribution in [3.63, 3.8) is 0 Å². The maximum atomic E-state index is 9.90. The molecule has 0 rings (SSSR count). The summed E-state index contributed by atoms with van der Waals surface area (Å²) in [6.45, 7) is 15.4. The van der Waals surface area contributed by atoms with Gasteiger partial charge in [-0.3, -0.25) is 0 Å². The molecule has 0 aromatic rings. The van der Waals surface area contributed by atoms with Crippen LogP contribution in [0, 0.1) is 16.7 Å². The lowest BCUT2D eigenvalue weighted by molar-refractivity contribution is 0.0451. The molecule has 0 bridgehead atoms. The van der Waals surface area contributed by atoms with Crippen LogP contribution in [0.2, 0.25) is 0 Å². The molecule has 0 radical (unpaired) electrons. The van der Waals surface area contributed by atoms with Gasteiger partial charge < -0.3 is 5.11 Å². The molecular formula is C13H28O. The Morgan fingerprint density at radius 2 is 1.29 bits per heavy atom. The quantitative estimate of drug-likeness (QED) is 0.733. The van der Waals surface area contributed by atoms with Crippen molar-refractivity contribution in [2.24, 2.45) is 16.7 Å². The monoisotopic (exact) mass is 200 g/mol. The SMILES string of the molecule is CC(CCC(O)C(C)(C)C)C(C)(C)C. The van der Waals surface area contributed by atoms with Gasteiger partial charge in [-0.2, -0.15) is 0 Å². The third-order valence-electron chi connectivity index (χ3n) is 3.35. The Bertz CT molecular complexity index is 139. The molecule has 0 aliphatic heterocycles. The molecule has 14 heavy (non-hydrogen) atoms. The van der Waals surface area contributed by atoms with Gasteiger partial charge in [-0.15, -0.1) is 0 Å². The van der Waals surface area contributed by atoms with Gasteiger partial charge in [0.2, 0.25) is 0 Å². The number of rotatable bonds is 3. The zero-order chi connectivity index (χ0) is 11.6. The average Bonchev–Trinajstić information content (AvgIpc) is 1.95. The van der Waals surface area contributed by atoms with Crippen molar-refractivity contribution in [1.82, 2.24) is 0 Å². The Labute approximate surface area is 89.9 Å². The van der Waals surface area contributed by atoms with E-state index in [1.54, 1.807) is 0 Å². The minimum absolute atomic E-state index is 0.0254. The lowest BCUT2D eigenvalue weighted by Crippen LogP contribution is -2.28. The van der Waals surface area contributed by atoms with Crippen LogP contribution in [0.25, 0.3) is 0 Å². The molecule has 0 aliphatic carbocycles. The molecule has 0 fully saturated rings. The van der Waals surface area contributed by atoms with E-state index in [2.05, 4.69) is 48.5 Å². The van der Waals surface area contributed by atoms with Crippen molar-refractivity contribution in [2.45, 2.75) is 67.4 Å². The third-order valence-corrected chi connectivity index (χ3v) is 3.35. The Kier molecular flexibility index (Phi) is 4.64. The molecule has 0 aromatic carbocycles. The molecule has 2 unspecified atom stereocenters. The zero-order valence-electron chi connectivity index (χ0n) is 11.0. The Hall–Kier alpha value is -0.0400. The molecule has 2 atom stereocenters. The Morgan fingerprint density at radius 1 is 0.857 bits per heavy atom. The molecule has 1 nitrogen and oxygen atoms in total. The molecule has 0 aliphatic rings. The van der Waals surface area contributed by atoms with Gasteiger partial charge in [-0.05, 0) is 29.6 Å². The Morgan fingerprint density at radius 3 is 1.57 bits per heavy atom. The minimum Gasteiger partial charge on any atom is -0.393 e. The fraction of sp³-hybridized carbons (Fsp3) is 1.00. The fourth-order valence-electron chi connectivity index (χ4n) is 1.27. The van der Waals surface area contributed by atoms with E-state index in [4.69, 9.17) is 0 Å². The number of hydrogen-bond acceptors (Lipinski definition) is 1. The van der Waals surface area contributed by atoms with Gasteiger partial charge in [0.25, 0.3) is 0 Å². The van der Waals surface area contributed by atoms with E-state index < -0.39 is 0 Å². The standard InChI is InChI=1S/C13H28O/c1-10(12(2,3)4)8-9-11(14)13(5,6)7/h10-11,14H,8-9H2,1-7H3. The van der Waals surface area contributed by atoms with Gasteiger partial charge >= 0.3 is 0 Å².